The molecule has 0 saturated heterocycles. The minimum atomic E-state index is 0.685. The molecule has 3 aromatic rings. The normalized spacial score (nSPS) is 14.3. The predicted octanol–water partition coefficient (Wildman–Crippen LogP) is 1.34. The number of hydrogen-bond donors (Lipinski definition) is 1. The highest BCUT2D eigenvalue weighted by Gasteiger charge is 2.16. The van der Waals surface area contributed by atoms with E-state index in [2.05, 4.69) is 25.7 Å². The van der Waals surface area contributed by atoms with E-state index in [9.17, 15) is 0 Å². The third-order valence-electron chi connectivity index (χ3n) is 3.44. The number of nitrogens with zero attached hydrogens (tertiary/aromatic N) is 7. The van der Waals surface area contributed by atoms with Crippen LogP contribution in [0.25, 0.3) is 16.9 Å². The molecular weight excluding hydrogens is 280 g/mol. The minimum Gasteiger partial charge on any atom is -0.295 e. The zero-order valence-electron chi connectivity index (χ0n) is 12.2. The quantitative estimate of drug-likeness (QED) is 0.772. The number of aromatic nitrogens is 5. The molecule has 0 bridgehead atoms. The third kappa shape index (κ3) is 1.93. The van der Waals surface area contributed by atoms with E-state index in [1.165, 1.54) is 0 Å². The van der Waals surface area contributed by atoms with Crippen molar-refractivity contribution in [3.05, 3.63) is 43.3 Å². The molecule has 8 nitrogen and oxygen atoms in total. The van der Waals surface area contributed by atoms with Gasteiger partial charge >= 0.3 is 0 Å². The summed E-state index contributed by atoms with van der Waals surface area (Å²) in [5.74, 6) is 0.685. The monoisotopic (exact) mass is 294 g/mol. The molecular formula is C14H14N8. The number of rotatable bonds is 2. The first-order valence-corrected chi connectivity index (χ1v) is 6.81. The SMILES string of the molecule is CC1=NNN(c2nccn3c(-c4cnn(C)c4)cnc23)C=C1. The van der Waals surface area contributed by atoms with Crippen molar-refractivity contribution in [1.82, 2.24) is 29.7 Å². The zero-order chi connectivity index (χ0) is 15.1. The molecule has 0 spiro atoms. The highest BCUT2D eigenvalue weighted by molar-refractivity contribution is 5.93. The Bertz CT molecular complexity index is 901. The van der Waals surface area contributed by atoms with Gasteiger partial charge in [0.05, 0.1) is 23.8 Å². The lowest BCUT2D eigenvalue weighted by Crippen LogP contribution is -2.33. The van der Waals surface area contributed by atoms with E-state index >= 15 is 0 Å². The summed E-state index contributed by atoms with van der Waals surface area (Å²) in [5, 5.41) is 10.1. The van der Waals surface area contributed by atoms with Crippen LogP contribution in [0.3, 0.4) is 0 Å². The van der Waals surface area contributed by atoms with Gasteiger partial charge in [-0.1, -0.05) is 0 Å². The number of nitrogens with one attached hydrogen (secondary N) is 1. The number of imidazole rings is 1. The second kappa shape index (κ2) is 4.69. The van der Waals surface area contributed by atoms with Crippen molar-refractivity contribution in [2.75, 3.05) is 5.01 Å². The lowest BCUT2D eigenvalue weighted by atomic mass is 10.3. The Morgan fingerprint density at radius 2 is 2.09 bits per heavy atom. The first kappa shape index (κ1) is 12.6. The molecule has 4 heterocycles. The van der Waals surface area contributed by atoms with Crippen molar-refractivity contribution >= 4 is 17.2 Å². The van der Waals surface area contributed by atoms with Gasteiger partial charge in [0.15, 0.2) is 11.5 Å². The van der Waals surface area contributed by atoms with Crippen LogP contribution in [0.15, 0.2) is 48.4 Å². The predicted molar refractivity (Wildman–Crippen MR) is 83.1 cm³/mol. The number of fused-ring (bicyclic) bond motifs is 1. The lowest BCUT2D eigenvalue weighted by molar-refractivity contribution is 0.733. The summed E-state index contributed by atoms with van der Waals surface area (Å²) >= 11 is 0. The lowest BCUT2D eigenvalue weighted by Gasteiger charge is -2.21. The molecule has 8 heteroatoms. The Balaban J connectivity index is 1.82. The van der Waals surface area contributed by atoms with Crippen molar-refractivity contribution in [2.24, 2.45) is 12.1 Å². The largest absolute Gasteiger partial charge is 0.295 e. The van der Waals surface area contributed by atoms with Crippen LogP contribution < -0.4 is 10.5 Å². The fraction of sp³-hybridized carbons (Fsp3) is 0.143. The molecule has 0 atom stereocenters. The summed E-state index contributed by atoms with van der Waals surface area (Å²) < 4.78 is 3.75. The summed E-state index contributed by atoms with van der Waals surface area (Å²) in [5.41, 5.74) is 6.55. The number of hydrogen-bond acceptors (Lipinski definition) is 6. The topological polar surface area (TPSA) is 75.6 Å². The highest BCUT2D eigenvalue weighted by atomic mass is 15.7. The Labute approximate surface area is 126 Å². The van der Waals surface area contributed by atoms with E-state index in [4.69, 9.17) is 0 Å². The van der Waals surface area contributed by atoms with Gasteiger partial charge in [-0.25, -0.2) is 20.5 Å². The van der Waals surface area contributed by atoms with Gasteiger partial charge in [0, 0.05) is 37.4 Å². The van der Waals surface area contributed by atoms with Gasteiger partial charge in [-0.2, -0.15) is 10.2 Å². The molecule has 0 saturated carbocycles. The van der Waals surface area contributed by atoms with Crippen LogP contribution in [0.2, 0.25) is 0 Å². The van der Waals surface area contributed by atoms with Crippen molar-refractivity contribution in [2.45, 2.75) is 6.92 Å². The van der Waals surface area contributed by atoms with Gasteiger partial charge in [-0.3, -0.25) is 9.08 Å². The summed E-state index contributed by atoms with van der Waals surface area (Å²) in [4.78, 5) is 8.90. The van der Waals surface area contributed by atoms with Crippen molar-refractivity contribution in [3.8, 4) is 11.3 Å². The Morgan fingerprint density at radius 1 is 1.18 bits per heavy atom. The maximum Gasteiger partial charge on any atom is 0.197 e. The Kier molecular flexibility index (Phi) is 2.68. The van der Waals surface area contributed by atoms with Crippen molar-refractivity contribution in [1.29, 1.82) is 0 Å². The number of hydrazine groups is 1. The summed E-state index contributed by atoms with van der Waals surface area (Å²) in [6.07, 6.45) is 13.0. The average Bonchev–Trinajstić information content (AvgIpc) is 3.13. The molecule has 1 N–H and O–H groups in total. The van der Waals surface area contributed by atoms with E-state index in [0.29, 0.717) is 5.82 Å². The molecule has 0 aliphatic carbocycles. The standard InChI is InChI=1S/C14H14N8/c1-10-3-5-22(19-18-10)14-13-16-8-12(21(13)6-4-15-14)11-7-17-20(2)9-11/h3-9,19H,1-2H3. The molecule has 0 amide bonds. The fourth-order valence-corrected chi connectivity index (χ4v) is 2.35. The second-order valence-electron chi connectivity index (χ2n) is 5.03. The van der Waals surface area contributed by atoms with Gasteiger partial charge in [0.2, 0.25) is 0 Å². The van der Waals surface area contributed by atoms with Crippen molar-refractivity contribution < 1.29 is 0 Å². The third-order valence-corrected chi connectivity index (χ3v) is 3.44. The molecule has 1 aliphatic heterocycles. The number of anilines is 1. The molecule has 0 aromatic carbocycles. The number of aryl methyl sites for hydroxylation is 1. The number of hydrazone groups is 1. The summed E-state index contributed by atoms with van der Waals surface area (Å²) in [6, 6.07) is 0. The Hall–Kier alpha value is -3.16. The highest BCUT2D eigenvalue weighted by Crippen LogP contribution is 2.24. The van der Waals surface area contributed by atoms with E-state index < -0.39 is 0 Å². The maximum atomic E-state index is 4.50. The van der Waals surface area contributed by atoms with Gasteiger partial charge in [0.25, 0.3) is 0 Å². The van der Waals surface area contributed by atoms with Crippen LogP contribution in [-0.2, 0) is 7.05 Å². The van der Waals surface area contributed by atoms with E-state index in [0.717, 1.165) is 22.6 Å². The van der Waals surface area contributed by atoms with E-state index in [1.807, 2.05) is 55.4 Å². The minimum absolute atomic E-state index is 0.685. The van der Waals surface area contributed by atoms with Crippen LogP contribution in [0.4, 0.5) is 5.82 Å². The average molecular weight is 294 g/mol. The fourth-order valence-electron chi connectivity index (χ4n) is 2.35. The molecule has 110 valence electrons. The summed E-state index contributed by atoms with van der Waals surface area (Å²) in [6.45, 7) is 1.92. The molecule has 22 heavy (non-hydrogen) atoms. The number of allylic oxidation sites excluding steroid dienone is 1. The van der Waals surface area contributed by atoms with Crippen LogP contribution in [0.1, 0.15) is 6.92 Å². The van der Waals surface area contributed by atoms with Gasteiger partial charge < -0.3 is 0 Å². The van der Waals surface area contributed by atoms with E-state index in [1.54, 1.807) is 15.9 Å². The van der Waals surface area contributed by atoms with Gasteiger partial charge in [-0.15, -0.1) is 0 Å². The zero-order valence-corrected chi connectivity index (χ0v) is 12.2. The molecule has 0 unspecified atom stereocenters. The first-order valence-electron chi connectivity index (χ1n) is 6.81. The van der Waals surface area contributed by atoms with Crippen molar-refractivity contribution in [3.63, 3.8) is 0 Å². The van der Waals surface area contributed by atoms with E-state index in [-0.39, 0.29) is 0 Å². The molecule has 4 rings (SSSR count). The van der Waals surface area contributed by atoms with Gasteiger partial charge in [0.1, 0.15) is 0 Å². The molecule has 0 fully saturated rings. The first-order chi connectivity index (χ1) is 10.7. The van der Waals surface area contributed by atoms with Crippen LogP contribution in [0, 0.1) is 0 Å². The van der Waals surface area contributed by atoms with Crippen LogP contribution >= 0.6 is 0 Å². The summed E-state index contributed by atoms with van der Waals surface area (Å²) in [7, 11) is 1.89. The second-order valence-corrected chi connectivity index (χ2v) is 5.03. The maximum absolute atomic E-state index is 4.50. The Morgan fingerprint density at radius 3 is 2.82 bits per heavy atom. The smallest absolute Gasteiger partial charge is 0.197 e. The van der Waals surface area contributed by atoms with Gasteiger partial charge in [-0.05, 0) is 13.0 Å². The van der Waals surface area contributed by atoms with Crippen LogP contribution in [0.5, 0.6) is 0 Å². The van der Waals surface area contributed by atoms with Crippen LogP contribution in [-0.4, -0.2) is 29.9 Å². The molecule has 1 aliphatic rings. The molecule has 3 aromatic heterocycles. The molecule has 0 radical (unpaired) electrons.